The smallest absolute Gasteiger partial charge is 0.208 e. The van der Waals surface area contributed by atoms with Crippen molar-refractivity contribution in [1.82, 2.24) is 4.72 Å². The molecule has 0 bridgehead atoms. The van der Waals surface area contributed by atoms with Gasteiger partial charge in [0.25, 0.3) is 0 Å². The number of halogens is 3. The highest BCUT2D eigenvalue weighted by molar-refractivity contribution is 7.89. The maximum atomic E-state index is 12.6. The van der Waals surface area contributed by atoms with Gasteiger partial charge >= 0.3 is 6.18 Å². The standard InChI is InChI=1S/C16H22F3NO2S/c1-2-3-12-4-10-15(11-5-12)23(21,22)20-14-8-6-13(7-9-14)16(17,18)19/h4-5,10-11,13-14,20H,2-3,6-9H2,1H3. The molecule has 1 N–H and O–H groups in total. The average molecular weight is 349 g/mol. The second kappa shape index (κ2) is 7.21. The molecule has 0 radical (unpaired) electrons. The van der Waals surface area contributed by atoms with Gasteiger partial charge in [0.2, 0.25) is 10.0 Å². The van der Waals surface area contributed by atoms with Gasteiger partial charge in [0.15, 0.2) is 0 Å². The molecule has 7 heteroatoms. The lowest BCUT2D eigenvalue weighted by molar-refractivity contribution is -0.182. The van der Waals surface area contributed by atoms with Gasteiger partial charge in [0.1, 0.15) is 0 Å². The monoisotopic (exact) mass is 349 g/mol. The average Bonchev–Trinajstić information content (AvgIpc) is 2.47. The first-order chi connectivity index (χ1) is 10.7. The third-order valence-corrected chi connectivity index (χ3v) is 5.82. The molecule has 0 unspecified atom stereocenters. The SMILES string of the molecule is CCCc1ccc(S(=O)(=O)NC2CCC(C(F)(F)F)CC2)cc1. The van der Waals surface area contributed by atoms with Crippen LogP contribution in [0.2, 0.25) is 0 Å². The number of sulfonamides is 1. The van der Waals surface area contributed by atoms with Crippen LogP contribution in [0.15, 0.2) is 29.2 Å². The summed E-state index contributed by atoms with van der Waals surface area (Å²) in [5, 5.41) is 0. The van der Waals surface area contributed by atoms with Crippen molar-refractivity contribution in [1.29, 1.82) is 0 Å². The Kier molecular flexibility index (Phi) is 5.73. The molecule has 0 amide bonds. The van der Waals surface area contributed by atoms with E-state index in [-0.39, 0.29) is 30.6 Å². The summed E-state index contributed by atoms with van der Waals surface area (Å²) in [5.41, 5.74) is 1.07. The van der Waals surface area contributed by atoms with Crippen molar-refractivity contribution in [3.63, 3.8) is 0 Å². The van der Waals surface area contributed by atoms with Crippen molar-refractivity contribution >= 4 is 10.0 Å². The second-order valence-electron chi connectivity index (χ2n) is 6.11. The van der Waals surface area contributed by atoms with Gasteiger partial charge in [-0.2, -0.15) is 13.2 Å². The topological polar surface area (TPSA) is 46.2 Å². The fraction of sp³-hybridized carbons (Fsp3) is 0.625. The number of alkyl halides is 3. The normalized spacial score (nSPS) is 23.0. The molecule has 0 aromatic heterocycles. The molecular formula is C16H22F3NO2S. The molecule has 0 aliphatic heterocycles. The van der Waals surface area contributed by atoms with Crippen molar-refractivity contribution in [3.05, 3.63) is 29.8 Å². The quantitative estimate of drug-likeness (QED) is 0.872. The van der Waals surface area contributed by atoms with Crippen LogP contribution >= 0.6 is 0 Å². The molecule has 3 nitrogen and oxygen atoms in total. The van der Waals surface area contributed by atoms with Crippen LogP contribution in [0.3, 0.4) is 0 Å². The van der Waals surface area contributed by atoms with Crippen LogP contribution < -0.4 is 4.72 Å². The van der Waals surface area contributed by atoms with Crippen molar-refractivity contribution in [2.24, 2.45) is 5.92 Å². The first kappa shape index (κ1) is 18.3. The van der Waals surface area contributed by atoms with Crippen molar-refractivity contribution in [3.8, 4) is 0 Å². The molecule has 0 saturated heterocycles. The van der Waals surface area contributed by atoms with Crippen LogP contribution in [0.4, 0.5) is 13.2 Å². The Labute approximate surface area is 135 Å². The summed E-state index contributed by atoms with van der Waals surface area (Å²) in [6.45, 7) is 2.05. The van der Waals surface area contributed by atoms with Crippen LogP contribution in [-0.4, -0.2) is 20.6 Å². The van der Waals surface area contributed by atoms with E-state index in [0.29, 0.717) is 0 Å². The minimum Gasteiger partial charge on any atom is -0.208 e. The number of benzene rings is 1. The second-order valence-corrected chi connectivity index (χ2v) is 7.82. The van der Waals surface area contributed by atoms with Gasteiger partial charge in [-0.1, -0.05) is 25.5 Å². The molecular weight excluding hydrogens is 327 g/mol. The molecule has 0 heterocycles. The molecule has 0 spiro atoms. The van der Waals surface area contributed by atoms with E-state index in [1.54, 1.807) is 24.3 Å². The summed E-state index contributed by atoms with van der Waals surface area (Å²) >= 11 is 0. The van der Waals surface area contributed by atoms with E-state index in [4.69, 9.17) is 0 Å². The molecule has 130 valence electrons. The summed E-state index contributed by atoms with van der Waals surface area (Å²) in [4.78, 5) is 0.162. The van der Waals surface area contributed by atoms with Gasteiger partial charge in [-0.05, 0) is 49.8 Å². The Hall–Kier alpha value is -1.08. The summed E-state index contributed by atoms with van der Waals surface area (Å²) in [6.07, 6.45) is -1.92. The zero-order chi connectivity index (χ0) is 17.1. The molecule has 23 heavy (non-hydrogen) atoms. The Morgan fingerprint density at radius 2 is 1.65 bits per heavy atom. The minimum atomic E-state index is -4.18. The minimum absolute atomic E-state index is 0.0217. The Balaban J connectivity index is 1.97. The fourth-order valence-electron chi connectivity index (χ4n) is 2.95. The van der Waals surface area contributed by atoms with Gasteiger partial charge in [0, 0.05) is 6.04 Å². The van der Waals surface area contributed by atoms with Crippen molar-refractivity contribution in [2.75, 3.05) is 0 Å². The highest BCUT2D eigenvalue weighted by Crippen LogP contribution is 2.37. The summed E-state index contributed by atoms with van der Waals surface area (Å²) < 4.78 is 65.1. The molecule has 1 fully saturated rings. The molecule has 2 rings (SSSR count). The number of hydrogen-bond donors (Lipinski definition) is 1. The zero-order valence-electron chi connectivity index (χ0n) is 13.1. The molecule has 1 aliphatic rings. The van der Waals surface area contributed by atoms with E-state index in [1.165, 1.54) is 0 Å². The molecule has 1 aromatic rings. The zero-order valence-corrected chi connectivity index (χ0v) is 13.9. The van der Waals surface area contributed by atoms with Crippen molar-refractivity contribution < 1.29 is 21.6 Å². The lowest BCUT2D eigenvalue weighted by Gasteiger charge is -2.30. The van der Waals surface area contributed by atoms with Crippen LogP contribution in [-0.2, 0) is 16.4 Å². The van der Waals surface area contributed by atoms with E-state index in [2.05, 4.69) is 4.72 Å². The van der Waals surface area contributed by atoms with Gasteiger partial charge in [-0.3, -0.25) is 0 Å². The first-order valence-electron chi connectivity index (χ1n) is 7.90. The molecule has 0 atom stereocenters. The number of nitrogens with one attached hydrogen (secondary N) is 1. The van der Waals surface area contributed by atoms with Gasteiger partial charge in [-0.25, -0.2) is 13.1 Å². The van der Waals surface area contributed by atoms with E-state index < -0.39 is 28.2 Å². The Morgan fingerprint density at radius 3 is 2.13 bits per heavy atom. The molecule has 1 aliphatic carbocycles. The van der Waals surface area contributed by atoms with Gasteiger partial charge < -0.3 is 0 Å². The maximum Gasteiger partial charge on any atom is 0.391 e. The summed E-state index contributed by atoms with van der Waals surface area (Å²) in [6, 6.07) is 6.23. The summed E-state index contributed by atoms with van der Waals surface area (Å²) in [7, 11) is -3.68. The highest BCUT2D eigenvalue weighted by Gasteiger charge is 2.41. The fourth-order valence-corrected chi connectivity index (χ4v) is 4.26. The van der Waals surface area contributed by atoms with E-state index >= 15 is 0 Å². The Bertz CT molecular complexity index is 603. The van der Waals surface area contributed by atoms with Crippen LogP contribution in [0.25, 0.3) is 0 Å². The van der Waals surface area contributed by atoms with Gasteiger partial charge in [-0.15, -0.1) is 0 Å². The van der Waals surface area contributed by atoms with E-state index in [1.807, 2.05) is 6.92 Å². The number of aryl methyl sites for hydroxylation is 1. The molecule has 1 aromatic carbocycles. The number of hydrogen-bond acceptors (Lipinski definition) is 2. The van der Waals surface area contributed by atoms with E-state index in [9.17, 15) is 21.6 Å². The van der Waals surface area contributed by atoms with Crippen LogP contribution in [0.5, 0.6) is 0 Å². The lowest BCUT2D eigenvalue weighted by Crippen LogP contribution is -2.39. The Morgan fingerprint density at radius 1 is 1.09 bits per heavy atom. The van der Waals surface area contributed by atoms with Crippen molar-refractivity contribution in [2.45, 2.75) is 62.6 Å². The van der Waals surface area contributed by atoms with E-state index in [0.717, 1.165) is 18.4 Å². The first-order valence-corrected chi connectivity index (χ1v) is 9.38. The van der Waals surface area contributed by atoms with Crippen LogP contribution in [0, 0.1) is 5.92 Å². The predicted octanol–water partition coefficient (Wildman–Crippen LogP) is 4.04. The van der Waals surface area contributed by atoms with Crippen LogP contribution in [0.1, 0.15) is 44.6 Å². The predicted molar refractivity (Wildman–Crippen MR) is 82.6 cm³/mol. The van der Waals surface area contributed by atoms with Gasteiger partial charge in [0.05, 0.1) is 10.8 Å². The third kappa shape index (κ3) is 4.94. The third-order valence-electron chi connectivity index (χ3n) is 4.28. The molecule has 1 saturated carbocycles. The highest BCUT2D eigenvalue weighted by atomic mass is 32.2. The number of rotatable bonds is 5. The largest absolute Gasteiger partial charge is 0.391 e. The lowest BCUT2D eigenvalue weighted by atomic mass is 9.86. The summed E-state index contributed by atoms with van der Waals surface area (Å²) in [5.74, 6) is -1.31. The maximum absolute atomic E-state index is 12.6.